The van der Waals surface area contributed by atoms with E-state index in [0.717, 1.165) is 7.11 Å². The molecule has 1 rings (SSSR count). The summed E-state index contributed by atoms with van der Waals surface area (Å²) in [6.45, 7) is 2.81. The van der Waals surface area contributed by atoms with Crippen LogP contribution < -0.4 is 5.63 Å². The second-order valence-corrected chi connectivity index (χ2v) is 2.97. The van der Waals surface area contributed by atoms with Crippen molar-refractivity contribution in [3.63, 3.8) is 0 Å². The van der Waals surface area contributed by atoms with Crippen LogP contribution in [0.5, 0.6) is 0 Å². The molecule has 0 aliphatic carbocycles. The van der Waals surface area contributed by atoms with Gasteiger partial charge < -0.3 is 9.15 Å². The Hall–Kier alpha value is -1.91. The van der Waals surface area contributed by atoms with Crippen molar-refractivity contribution in [2.45, 2.75) is 13.8 Å². The van der Waals surface area contributed by atoms with Gasteiger partial charge in [-0.05, 0) is 19.9 Å². The molecule has 0 bridgehead atoms. The van der Waals surface area contributed by atoms with Crippen molar-refractivity contribution in [3.05, 3.63) is 33.4 Å². The Morgan fingerprint density at radius 1 is 1.33 bits per heavy atom. The van der Waals surface area contributed by atoms with Crippen molar-refractivity contribution in [3.8, 4) is 0 Å². The molecule has 1 aromatic rings. The van der Waals surface area contributed by atoms with E-state index in [1.165, 1.54) is 19.9 Å². The lowest BCUT2D eigenvalue weighted by Gasteiger charge is -2.02. The van der Waals surface area contributed by atoms with Crippen LogP contribution in [0.1, 0.15) is 33.4 Å². The van der Waals surface area contributed by atoms with Crippen LogP contribution in [0.4, 0.5) is 0 Å². The first-order chi connectivity index (χ1) is 6.97. The van der Waals surface area contributed by atoms with E-state index in [9.17, 15) is 14.4 Å². The molecule has 80 valence electrons. The molecule has 0 amide bonds. The van der Waals surface area contributed by atoms with Crippen LogP contribution in [0, 0.1) is 6.92 Å². The molecule has 5 nitrogen and oxygen atoms in total. The molecule has 0 saturated carbocycles. The highest BCUT2D eigenvalue weighted by molar-refractivity contribution is 5.97. The molecule has 0 aliphatic rings. The molecule has 0 saturated heterocycles. The number of ether oxygens (including phenoxy) is 1. The van der Waals surface area contributed by atoms with Crippen molar-refractivity contribution in [1.29, 1.82) is 0 Å². The quantitative estimate of drug-likeness (QED) is 0.536. The molecule has 0 aliphatic heterocycles. The number of hydrogen-bond acceptors (Lipinski definition) is 5. The maximum Gasteiger partial charge on any atom is 0.350 e. The maximum absolute atomic E-state index is 11.2. The van der Waals surface area contributed by atoms with Gasteiger partial charge in [-0.2, -0.15) is 0 Å². The average Bonchev–Trinajstić information content (AvgIpc) is 2.16. The van der Waals surface area contributed by atoms with Crippen LogP contribution >= 0.6 is 0 Å². The minimum absolute atomic E-state index is 0.195. The number of aryl methyl sites for hydroxylation is 1. The number of ketones is 1. The lowest BCUT2D eigenvalue weighted by atomic mass is 10.1. The molecule has 0 atom stereocenters. The molecular formula is C10H10O5. The Balaban J connectivity index is 3.43. The van der Waals surface area contributed by atoms with Crippen molar-refractivity contribution in [2.75, 3.05) is 7.11 Å². The van der Waals surface area contributed by atoms with Gasteiger partial charge in [0.25, 0.3) is 0 Å². The van der Waals surface area contributed by atoms with Crippen LogP contribution in [0.15, 0.2) is 15.3 Å². The summed E-state index contributed by atoms with van der Waals surface area (Å²) in [5.41, 5.74) is -0.868. The third kappa shape index (κ3) is 2.12. The fourth-order valence-corrected chi connectivity index (χ4v) is 1.16. The highest BCUT2D eigenvalue weighted by Crippen LogP contribution is 2.08. The first-order valence-corrected chi connectivity index (χ1v) is 4.21. The summed E-state index contributed by atoms with van der Waals surface area (Å²) in [7, 11) is 1.15. The number of hydrogen-bond donors (Lipinski definition) is 0. The van der Waals surface area contributed by atoms with Gasteiger partial charge in [0.2, 0.25) is 0 Å². The number of carbonyl (C=O) groups excluding carboxylic acids is 2. The van der Waals surface area contributed by atoms with Crippen molar-refractivity contribution < 1.29 is 18.7 Å². The minimum atomic E-state index is -0.814. The molecular weight excluding hydrogens is 200 g/mol. The van der Waals surface area contributed by atoms with Crippen LogP contribution in [0.2, 0.25) is 0 Å². The predicted octanol–water partition coefficient (Wildman–Crippen LogP) is 0.937. The zero-order chi connectivity index (χ0) is 11.6. The maximum atomic E-state index is 11.2. The van der Waals surface area contributed by atoms with E-state index in [1.807, 2.05) is 0 Å². The Morgan fingerprint density at radius 3 is 2.40 bits per heavy atom. The zero-order valence-electron chi connectivity index (χ0n) is 8.62. The molecule has 0 N–H and O–H groups in total. The van der Waals surface area contributed by atoms with Gasteiger partial charge in [0, 0.05) is 0 Å². The molecule has 0 unspecified atom stereocenters. The summed E-state index contributed by atoms with van der Waals surface area (Å²) < 4.78 is 9.13. The molecule has 1 aromatic heterocycles. The molecule has 0 aromatic carbocycles. The van der Waals surface area contributed by atoms with Gasteiger partial charge in [-0.25, -0.2) is 9.59 Å². The van der Waals surface area contributed by atoms with E-state index in [0.29, 0.717) is 0 Å². The normalized spacial score (nSPS) is 9.80. The highest BCUT2D eigenvalue weighted by Gasteiger charge is 2.17. The van der Waals surface area contributed by atoms with Crippen LogP contribution in [-0.2, 0) is 4.74 Å². The Bertz CT molecular complexity index is 469. The molecule has 15 heavy (non-hydrogen) atoms. The lowest BCUT2D eigenvalue weighted by molar-refractivity contribution is 0.0595. The second kappa shape index (κ2) is 4.08. The van der Waals surface area contributed by atoms with Gasteiger partial charge in [-0.1, -0.05) is 0 Å². The van der Waals surface area contributed by atoms with Gasteiger partial charge in [0.05, 0.1) is 12.7 Å². The first kappa shape index (κ1) is 11.2. The van der Waals surface area contributed by atoms with Gasteiger partial charge in [-0.15, -0.1) is 0 Å². The monoisotopic (exact) mass is 210 g/mol. The third-order valence-electron chi connectivity index (χ3n) is 1.92. The van der Waals surface area contributed by atoms with Crippen LogP contribution in [0.25, 0.3) is 0 Å². The first-order valence-electron chi connectivity index (χ1n) is 4.21. The van der Waals surface area contributed by atoms with E-state index in [1.54, 1.807) is 0 Å². The third-order valence-corrected chi connectivity index (χ3v) is 1.92. The van der Waals surface area contributed by atoms with Crippen molar-refractivity contribution >= 4 is 11.8 Å². The minimum Gasteiger partial charge on any atom is -0.465 e. The summed E-state index contributed by atoms with van der Waals surface area (Å²) in [5.74, 6) is -0.896. The van der Waals surface area contributed by atoms with Gasteiger partial charge in [0.1, 0.15) is 11.3 Å². The van der Waals surface area contributed by atoms with Crippen molar-refractivity contribution in [2.24, 2.45) is 0 Å². The number of rotatable bonds is 2. The molecule has 1 heterocycles. The second-order valence-electron chi connectivity index (χ2n) is 2.97. The standard InChI is InChI=1S/C10H10O5/c1-5(11)7-4-8(9(12)14-3)10(13)15-6(7)2/h4H,1-3H3. The average molecular weight is 210 g/mol. The van der Waals surface area contributed by atoms with Gasteiger partial charge >= 0.3 is 11.6 Å². The lowest BCUT2D eigenvalue weighted by Crippen LogP contribution is -2.17. The number of carbonyl (C=O) groups is 2. The largest absolute Gasteiger partial charge is 0.465 e. The Morgan fingerprint density at radius 2 is 1.93 bits per heavy atom. The van der Waals surface area contributed by atoms with Gasteiger partial charge in [-0.3, -0.25) is 4.79 Å². The molecule has 0 fully saturated rings. The molecule has 0 spiro atoms. The topological polar surface area (TPSA) is 73.6 Å². The van der Waals surface area contributed by atoms with Crippen LogP contribution in [0.3, 0.4) is 0 Å². The fourth-order valence-electron chi connectivity index (χ4n) is 1.16. The van der Waals surface area contributed by atoms with E-state index in [2.05, 4.69) is 4.74 Å². The number of methoxy groups -OCH3 is 1. The van der Waals surface area contributed by atoms with E-state index >= 15 is 0 Å². The molecule has 0 radical (unpaired) electrons. The summed E-state index contributed by atoms with van der Waals surface area (Å²) in [5, 5.41) is 0. The Kier molecular flexibility index (Phi) is 3.04. The van der Waals surface area contributed by atoms with E-state index in [4.69, 9.17) is 4.42 Å². The Labute approximate surface area is 85.7 Å². The fraction of sp³-hybridized carbons (Fsp3) is 0.300. The number of Topliss-reactive ketones (excluding diaryl/α,β-unsaturated/α-hetero) is 1. The van der Waals surface area contributed by atoms with Gasteiger partial charge in [0.15, 0.2) is 5.78 Å². The summed E-state index contributed by atoms with van der Waals surface area (Å²) in [6, 6.07) is 1.19. The van der Waals surface area contributed by atoms with E-state index in [-0.39, 0.29) is 22.7 Å². The van der Waals surface area contributed by atoms with Crippen molar-refractivity contribution in [1.82, 2.24) is 0 Å². The highest BCUT2D eigenvalue weighted by atomic mass is 16.5. The van der Waals surface area contributed by atoms with E-state index < -0.39 is 11.6 Å². The SMILES string of the molecule is COC(=O)c1cc(C(C)=O)c(C)oc1=O. The molecule has 5 heteroatoms. The summed E-state index contributed by atoms with van der Waals surface area (Å²) in [6.07, 6.45) is 0. The summed E-state index contributed by atoms with van der Waals surface area (Å²) >= 11 is 0. The summed E-state index contributed by atoms with van der Waals surface area (Å²) in [4.78, 5) is 33.5. The smallest absolute Gasteiger partial charge is 0.350 e. The zero-order valence-corrected chi connectivity index (χ0v) is 8.62. The predicted molar refractivity (Wildman–Crippen MR) is 51.1 cm³/mol. The van der Waals surface area contributed by atoms with Crippen LogP contribution in [-0.4, -0.2) is 18.9 Å². The number of esters is 1.